The lowest BCUT2D eigenvalue weighted by molar-refractivity contribution is -0.0734. The van der Waals surface area contributed by atoms with Crippen LogP contribution < -0.4 is 0 Å². The second-order valence-corrected chi connectivity index (χ2v) is 2.97. The molecule has 0 aromatic carbocycles. The summed E-state index contributed by atoms with van der Waals surface area (Å²) in [5, 5.41) is 12.1. The van der Waals surface area contributed by atoms with Gasteiger partial charge < -0.3 is 9.84 Å². The first kappa shape index (κ1) is 10.3. The van der Waals surface area contributed by atoms with Crippen LogP contribution in [0.3, 0.4) is 0 Å². The number of rotatable bonds is 3. The molecule has 5 heteroatoms. The molecule has 1 saturated heterocycles. The molecule has 0 aromatic rings. The number of hydrogen-bond donors (Lipinski definition) is 1. The topological polar surface area (TPSA) is 53.0 Å². The summed E-state index contributed by atoms with van der Waals surface area (Å²) >= 11 is 0. The molecule has 76 valence electrons. The molecule has 0 saturated carbocycles. The summed E-state index contributed by atoms with van der Waals surface area (Å²) in [7, 11) is 0. The van der Waals surface area contributed by atoms with Crippen LogP contribution in [-0.2, 0) is 4.74 Å². The van der Waals surface area contributed by atoms with Crippen molar-refractivity contribution in [1.29, 1.82) is 0 Å². The van der Waals surface area contributed by atoms with Crippen molar-refractivity contribution in [2.24, 2.45) is 0 Å². The van der Waals surface area contributed by atoms with E-state index in [-0.39, 0.29) is 0 Å². The summed E-state index contributed by atoms with van der Waals surface area (Å²) in [4.78, 5) is 10.8. The van der Waals surface area contributed by atoms with Gasteiger partial charge in [0.25, 0.3) is 0 Å². The Morgan fingerprint density at radius 3 is 2.62 bits per heavy atom. The SMILES string of the molecule is CCCN(C(=O)O)N1CCOCC1. The molecule has 0 atom stereocenters. The average Bonchev–Trinajstić information content (AvgIpc) is 2.15. The third-order valence-electron chi connectivity index (χ3n) is 1.99. The zero-order chi connectivity index (χ0) is 9.68. The van der Waals surface area contributed by atoms with E-state index in [9.17, 15) is 4.79 Å². The molecule has 1 aliphatic heterocycles. The smallest absolute Gasteiger partial charge is 0.421 e. The van der Waals surface area contributed by atoms with Crippen LogP contribution in [0.4, 0.5) is 4.79 Å². The number of hydrazine groups is 1. The van der Waals surface area contributed by atoms with Gasteiger partial charge in [0, 0.05) is 19.6 Å². The molecule has 0 bridgehead atoms. The van der Waals surface area contributed by atoms with E-state index >= 15 is 0 Å². The maximum absolute atomic E-state index is 10.8. The quantitative estimate of drug-likeness (QED) is 0.705. The molecule has 1 N–H and O–H groups in total. The standard InChI is InChI=1S/C8H16N2O3/c1-2-3-10(8(11)12)9-4-6-13-7-5-9/h2-7H2,1H3,(H,11,12). The normalized spacial score (nSPS) is 18.5. The van der Waals surface area contributed by atoms with E-state index in [0.717, 1.165) is 6.42 Å². The minimum atomic E-state index is -0.872. The molecule has 1 aliphatic rings. The van der Waals surface area contributed by atoms with E-state index in [0.29, 0.717) is 32.8 Å². The van der Waals surface area contributed by atoms with Crippen molar-refractivity contribution in [2.75, 3.05) is 32.8 Å². The Kier molecular flexibility index (Phi) is 3.98. The van der Waals surface area contributed by atoms with Crippen LogP contribution in [0.15, 0.2) is 0 Å². The van der Waals surface area contributed by atoms with Gasteiger partial charge in [-0.05, 0) is 6.42 Å². The van der Waals surface area contributed by atoms with Crippen molar-refractivity contribution >= 4 is 6.09 Å². The molecular formula is C8H16N2O3. The van der Waals surface area contributed by atoms with Crippen molar-refractivity contribution in [3.63, 3.8) is 0 Å². The summed E-state index contributed by atoms with van der Waals surface area (Å²) in [5.41, 5.74) is 0. The Bertz CT molecular complexity index is 169. The minimum Gasteiger partial charge on any atom is -0.464 e. The lowest BCUT2D eigenvalue weighted by atomic mass is 10.4. The number of carboxylic acid groups (broad SMARTS) is 1. The molecule has 1 amide bonds. The molecule has 0 unspecified atom stereocenters. The third-order valence-corrected chi connectivity index (χ3v) is 1.99. The van der Waals surface area contributed by atoms with Crippen molar-refractivity contribution in [1.82, 2.24) is 10.0 Å². The number of hydrogen-bond acceptors (Lipinski definition) is 3. The third kappa shape index (κ3) is 2.86. The van der Waals surface area contributed by atoms with Gasteiger partial charge in [-0.2, -0.15) is 0 Å². The first-order valence-corrected chi connectivity index (χ1v) is 4.58. The summed E-state index contributed by atoms with van der Waals surface area (Å²) in [6.07, 6.45) is -0.0346. The number of carbonyl (C=O) groups is 1. The van der Waals surface area contributed by atoms with Crippen molar-refractivity contribution in [3.05, 3.63) is 0 Å². The number of morpholine rings is 1. The van der Waals surface area contributed by atoms with Crippen LogP contribution in [0, 0.1) is 0 Å². The summed E-state index contributed by atoms with van der Waals surface area (Å²) in [6, 6.07) is 0. The van der Waals surface area contributed by atoms with E-state index in [2.05, 4.69) is 0 Å². The van der Waals surface area contributed by atoms with Gasteiger partial charge in [0.2, 0.25) is 0 Å². The minimum absolute atomic E-state index is 0.565. The van der Waals surface area contributed by atoms with Gasteiger partial charge in [-0.15, -0.1) is 0 Å². The molecular weight excluding hydrogens is 172 g/mol. The zero-order valence-electron chi connectivity index (χ0n) is 7.90. The van der Waals surface area contributed by atoms with Crippen molar-refractivity contribution in [2.45, 2.75) is 13.3 Å². The Morgan fingerprint density at radius 1 is 1.54 bits per heavy atom. The van der Waals surface area contributed by atoms with Gasteiger partial charge in [0.05, 0.1) is 13.2 Å². The van der Waals surface area contributed by atoms with Gasteiger partial charge in [-0.3, -0.25) is 0 Å². The summed E-state index contributed by atoms with van der Waals surface area (Å²) < 4.78 is 5.15. The molecule has 0 aliphatic carbocycles. The summed E-state index contributed by atoms with van der Waals surface area (Å²) in [5.74, 6) is 0. The van der Waals surface area contributed by atoms with Crippen LogP contribution in [0.5, 0.6) is 0 Å². The van der Waals surface area contributed by atoms with E-state index in [1.165, 1.54) is 5.01 Å². The Balaban J connectivity index is 2.46. The molecule has 1 rings (SSSR count). The molecule has 0 aromatic heterocycles. The zero-order valence-corrected chi connectivity index (χ0v) is 7.90. The highest BCUT2D eigenvalue weighted by Gasteiger charge is 2.21. The highest BCUT2D eigenvalue weighted by atomic mass is 16.5. The van der Waals surface area contributed by atoms with Crippen molar-refractivity contribution in [3.8, 4) is 0 Å². The second kappa shape index (κ2) is 5.04. The monoisotopic (exact) mass is 188 g/mol. The predicted octanol–water partition coefficient (Wildman–Crippen LogP) is 0.624. The van der Waals surface area contributed by atoms with Gasteiger partial charge in [0.15, 0.2) is 0 Å². The number of ether oxygens (including phenoxy) is 1. The molecule has 1 heterocycles. The van der Waals surface area contributed by atoms with Gasteiger partial charge >= 0.3 is 6.09 Å². The number of nitrogens with zero attached hydrogens (tertiary/aromatic N) is 2. The highest BCUT2D eigenvalue weighted by molar-refractivity contribution is 5.64. The maximum atomic E-state index is 10.8. The van der Waals surface area contributed by atoms with Crippen LogP contribution >= 0.6 is 0 Å². The van der Waals surface area contributed by atoms with Gasteiger partial charge in [0.1, 0.15) is 0 Å². The fourth-order valence-corrected chi connectivity index (χ4v) is 1.36. The largest absolute Gasteiger partial charge is 0.464 e. The van der Waals surface area contributed by atoms with E-state index < -0.39 is 6.09 Å². The predicted molar refractivity (Wildman–Crippen MR) is 47.4 cm³/mol. The number of amides is 1. The summed E-state index contributed by atoms with van der Waals surface area (Å²) in [6.45, 7) is 5.12. The lowest BCUT2D eigenvalue weighted by Crippen LogP contribution is -2.51. The fourth-order valence-electron chi connectivity index (χ4n) is 1.36. The molecule has 13 heavy (non-hydrogen) atoms. The van der Waals surface area contributed by atoms with E-state index in [1.807, 2.05) is 11.9 Å². The maximum Gasteiger partial charge on any atom is 0.421 e. The van der Waals surface area contributed by atoms with Crippen molar-refractivity contribution < 1.29 is 14.6 Å². The second-order valence-electron chi connectivity index (χ2n) is 2.97. The molecule has 0 spiro atoms. The van der Waals surface area contributed by atoms with E-state index in [4.69, 9.17) is 9.84 Å². The van der Waals surface area contributed by atoms with Crippen LogP contribution in [0.1, 0.15) is 13.3 Å². The van der Waals surface area contributed by atoms with Gasteiger partial charge in [-0.25, -0.2) is 14.8 Å². The first-order chi connectivity index (χ1) is 6.25. The van der Waals surface area contributed by atoms with Crippen LogP contribution in [-0.4, -0.2) is 54.1 Å². The lowest BCUT2D eigenvalue weighted by Gasteiger charge is -2.35. The highest BCUT2D eigenvalue weighted by Crippen LogP contribution is 2.04. The molecule has 1 fully saturated rings. The Hall–Kier alpha value is -0.810. The van der Waals surface area contributed by atoms with Crippen LogP contribution in [0.25, 0.3) is 0 Å². The molecule has 5 nitrogen and oxygen atoms in total. The van der Waals surface area contributed by atoms with E-state index in [1.54, 1.807) is 0 Å². The van der Waals surface area contributed by atoms with Gasteiger partial charge in [-0.1, -0.05) is 6.92 Å². The van der Waals surface area contributed by atoms with Crippen LogP contribution in [0.2, 0.25) is 0 Å². The Labute approximate surface area is 77.8 Å². The molecule has 0 radical (unpaired) electrons. The Morgan fingerprint density at radius 2 is 2.15 bits per heavy atom. The average molecular weight is 188 g/mol. The fraction of sp³-hybridized carbons (Fsp3) is 0.875. The first-order valence-electron chi connectivity index (χ1n) is 4.58.